The van der Waals surface area contributed by atoms with Crippen molar-refractivity contribution in [1.29, 1.82) is 0 Å². The van der Waals surface area contributed by atoms with E-state index < -0.39 is 22.8 Å². The fraction of sp³-hybridized carbons (Fsp3) is 0.667. The molecule has 0 heterocycles. The van der Waals surface area contributed by atoms with E-state index in [2.05, 4.69) is 4.74 Å². The van der Waals surface area contributed by atoms with Crippen molar-refractivity contribution >= 4 is 24.5 Å². The van der Waals surface area contributed by atoms with Gasteiger partial charge in [-0.3, -0.25) is 9.59 Å². The lowest BCUT2D eigenvalue weighted by Gasteiger charge is -2.23. The highest BCUT2D eigenvalue weighted by Crippen LogP contribution is 2.25. The lowest BCUT2D eigenvalue weighted by molar-refractivity contribution is -0.173. The number of hydrogen-bond acceptors (Lipinski definition) is 5. The average Bonchev–Trinajstić information content (AvgIpc) is 2.17. The molecule has 0 N–H and O–H groups in total. The number of aldehydes is 2. The smallest absolute Gasteiger partial charge is 0.319 e. The van der Waals surface area contributed by atoms with Crippen LogP contribution >= 0.6 is 0 Å². The molecular weight excluding hydrogens is 224 g/mol. The van der Waals surface area contributed by atoms with Crippen LogP contribution in [0.1, 0.15) is 40.5 Å². The quantitative estimate of drug-likeness (QED) is 0.398. The van der Waals surface area contributed by atoms with Gasteiger partial charge in [-0.25, -0.2) is 0 Å². The first kappa shape index (κ1) is 15.5. The highest BCUT2D eigenvalue weighted by molar-refractivity contribution is 5.92. The summed E-state index contributed by atoms with van der Waals surface area (Å²) >= 11 is 0. The van der Waals surface area contributed by atoms with E-state index in [4.69, 9.17) is 0 Å². The third kappa shape index (κ3) is 4.46. The molecule has 0 aliphatic rings. The molecule has 0 aromatic rings. The van der Waals surface area contributed by atoms with Crippen LogP contribution in [0.25, 0.3) is 0 Å². The van der Waals surface area contributed by atoms with Gasteiger partial charge in [0.25, 0.3) is 0 Å². The standard InChI is InChI=1S/C12H18O5/c1-11(2,5-7-13)9(15)17-10(16)12(3,4)6-8-14/h7-8H,5-6H2,1-4H3. The fourth-order valence-electron chi connectivity index (χ4n) is 0.944. The Balaban J connectivity index is 4.64. The van der Waals surface area contributed by atoms with Crippen LogP contribution in [0.5, 0.6) is 0 Å². The lowest BCUT2D eigenvalue weighted by atomic mass is 9.88. The normalized spacial score (nSPS) is 11.8. The van der Waals surface area contributed by atoms with Gasteiger partial charge in [0, 0.05) is 12.8 Å². The third-order valence-corrected chi connectivity index (χ3v) is 2.48. The molecule has 0 radical (unpaired) electrons. The number of carbonyl (C=O) groups is 4. The number of rotatable bonds is 6. The second kappa shape index (κ2) is 5.70. The minimum absolute atomic E-state index is 0.0206. The summed E-state index contributed by atoms with van der Waals surface area (Å²) in [6, 6.07) is 0. The van der Waals surface area contributed by atoms with Crippen molar-refractivity contribution in [3.05, 3.63) is 0 Å². The maximum atomic E-state index is 11.6. The molecule has 17 heavy (non-hydrogen) atoms. The van der Waals surface area contributed by atoms with Crippen molar-refractivity contribution in [1.82, 2.24) is 0 Å². The molecule has 0 rings (SSSR count). The van der Waals surface area contributed by atoms with Crippen LogP contribution in [0, 0.1) is 10.8 Å². The maximum absolute atomic E-state index is 11.6. The molecule has 0 aromatic heterocycles. The topological polar surface area (TPSA) is 77.5 Å². The molecule has 0 fully saturated rings. The molecule has 96 valence electrons. The number of esters is 2. The van der Waals surface area contributed by atoms with E-state index in [1.54, 1.807) is 0 Å². The first-order valence-electron chi connectivity index (χ1n) is 5.31. The summed E-state index contributed by atoms with van der Waals surface area (Å²) in [4.78, 5) is 44.0. The first-order valence-corrected chi connectivity index (χ1v) is 5.31. The van der Waals surface area contributed by atoms with Gasteiger partial charge in [-0.1, -0.05) is 0 Å². The van der Waals surface area contributed by atoms with E-state index in [1.807, 2.05) is 0 Å². The minimum atomic E-state index is -1.03. The lowest BCUT2D eigenvalue weighted by Crippen LogP contribution is -2.35. The summed E-state index contributed by atoms with van der Waals surface area (Å²) in [6.07, 6.45) is 1.16. The Bertz CT molecular complexity index is 296. The number of hydrogen-bond donors (Lipinski definition) is 0. The monoisotopic (exact) mass is 242 g/mol. The second-order valence-corrected chi connectivity index (χ2v) is 5.19. The van der Waals surface area contributed by atoms with Gasteiger partial charge in [-0.2, -0.15) is 0 Å². The SMILES string of the molecule is CC(C)(CC=O)C(=O)OC(=O)C(C)(C)CC=O. The third-order valence-electron chi connectivity index (χ3n) is 2.48. The summed E-state index contributed by atoms with van der Waals surface area (Å²) < 4.78 is 4.69. The van der Waals surface area contributed by atoms with Crippen LogP contribution in [0.4, 0.5) is 0 Å². The van der Waals surface area contributed by atoms with E-state index in [1.165, 1.54) is 27.7 Å². The van der Waals surface area contributed by atoms with E-state index in [-0.39, 0.29) is 12.8 Å². The molecule has 0 bridgehead atoms. The van der Waals surface area contributed by atoms with Crippen LogP contribution in [-0.2, 0) is 23.9 Å². The second-order valence-electron chi connectivity index (χ2n) is 5.19. The highest BCUT2D eigenvalue weighted by Gasteiger charge is 2.36. The van der Waals surface area contributed by atoms with Crippen LogP contribution in [0.15, 0.2) is 0 Å². The zero-order valence-corrected chi connectivity index (χ0v) is 10.6. The molecule has 0 aliphatic heterocycles. The molecule has 0 aliphatic carbocycles. The van der Waals surface area contributed by atoms with Gasteiger partial charge in [0.05, 0.1) is 10.8 Å². The molecule has 0 saturated carbocycles. The van der Waals surface area contributed by atoms with Gasteiger partial charge in [0.15, 0.2) is 0 Å². The Kier molecular flexibility index (Phi) is 5.19. The van der Waals surface area contributed by atoms with Gasteiger partial charge in [0.1, 0.15) is 12.6 Å². The zero-order chi connectivity index (χ0) is 13.7. The van der Waals surface area contributed by atoms with Crippen molar-refractivity contribution < 1.29 is 23.9 Å². The van der Waals surface area contributed by atoms with Gasteiger partial charge in [-0.05, 0) is 27.7 Å². The highest BCUT2D eigenvalue weighted by atomic mass is 16.6. The zero-order valence-electron chi connectivity index (χ0n) is 10.6. The summed E-state index contributed by atoms with van der Waals surface area (Å²) in [7, 11) is 0. The Labute approximate surface area is 101 Å². The molecule has 0 aromatic carbocycles. The van der Waals surface area contributed by atoms with Crippen LogP contribution in [-0.4, -0.2) is 24.5 Å². The summed E-state index contributed by atoms with van der Waals surface area (Å²) in [5.41, 5.74) is -2.07. The predicted octanol–water partition coefficient (Wildman–Crippen LogP) is 1.29. The molecule has 0 amide bonds. The average molecular weight is 242 g/mol. The summed E-state index contributed by atoms with van der Waals surface area (Å²) in [5.74, 6) is -1.51. The van der Waals surface area contributed by atoms with Gasteiger partial charge >= 0.3 is 11.9 Å². The van der Waals surface area contributed by atoms with Gasteiger partial charge in [0.2, 0.25) is 0 Å². The molecule has 0 unspecified atom stereocenters. The molecule has 0 spiro atoms. The molecule has 5 nitrogen and oxygen atoms in total. The van der Waals surface area contributed by atoms with Gasteiger partial charge < -0.3 is 14.3 Å². The maximum Gasteiger partial charge on any atom is 0.319 e. The summed E-state index contributed by atoms with van der Waals surface area (Å²) in [6.45, 7) is 6.07. The Morgan fingerprint density at radius 1 is 0.882 bits per heavy atom. The molecule has 0 saturated heterocycles. The summed E-state index contributed by atoms with van der Waals surface area (Å²) in [5, 5.41) is 0. The Morgan fingerprint density at radius 2 is 1.18 bits per heavy atom. The van der Waals surface area contributed by atoms with Crippen molar-refractivity contribution in [2.24, 2.45) is 10.8 Å². The van der Waals surface area contributed by atoms with E-state index in [0.29, 0.717) is 12.6 Å². The van der Waals surface area contributed by atoms with E-state index in [9.17, 15) is 19.2 Å². The largest absolute Gasteiger partial charge is 0.392 e. The van der Waals surface area contributed by atoms with E-state index in [0.717, 1.165) is 0 Å². The Morgan fingerprint density at radius 3 is 1.41 bits per heavy atom. The van der Waals surface area contributed by atoms with E-state index >= 15 is 0 Å². The van der Waals surface area contributed by atoms with Crippen molar-refractivity contribution in [2.75, 3.05) is 0 Å². The number of ether oxygens (including phenoxy) is 1. The molecular formula is C12H18O5. The van der Waals surface area contributed by atoms with Crippen LogP contribution < -0.4 is 0 Å². The predicted molar refractivity (Wildman–Crippen MR) is 60.0 cm³/mol. The molecule has 0 atom stereocenters. The van der Waals surface area contributed by atoms with Crippen molar-refractivity contribution in [3.63, 3.8) is 0 Å². The Hall–Kier alpha value is -1.52. The molecule has 5 heteroatoms. The van der Waals surface area contributed by atoms with Crippen molar-refractivity contribution in [3.8, 4) is 0 Å². The van der Waals surface area contributed by atoms with Crippen LogP contribution in [0.2, 0.25) is 0 Å². The minimum Gasteiger partial charge on any atom is -0.392 e. The van der Waals surface area contributed by atoms with Crippen LogP contribution in [0.3, 0.4) is 0 Å². The first-order chi connectivity index (χ1) is 7.67. The van der Waals surface area contributed by atoms with Gasteiger partial charge in [-0.15, -0.1) is 0 Å². The fourth-order valence-corrected chi connectivity index (χ4v) is 0.944. The van der Waals surface area contributed by atoms with Crippen molar-refractivity contribution in [2.45, 2.75) is 40.5 Å². The number of carbonyl (C=O) groups excluding carboxylic acids is 4.